The first kappa shape index (κ1) is 71.4. The molecule has 0 bridgehead atoms. The van der Waals surface area contributed by atoms with Crippen LogP contribution in [0.15, 0.2) is 18.2 Å². The van der Waals surface area contributed by atoms with Gasteiger partial charge in [0.1, 0.15) is 25.9 Å². The van der Waals surface area contributed by atoms with Gasteiger partial charge in [-0.25, -0.2) is 4.79 Å². The number of rotatable bonds is 54. The lowest BCUT2D eigenvalue weighted by molar-refractivity contribution is -0.160. The minimum Gasteiger partial charge on any atom is -0.466 e. The third-order valence-corrected chi connectivity index (χ3v) is 14.7. The van der Waals surface area contributed by atoms with Gasteiger partial charge in [-0.05, 0) is 112 Å². The summed E-state index contributed by atoms with van der Waals surface area (Å²) in [6.45, 7) is 13.9. The molecule has 458 valence electrons. The number of benzene rings is 1. The van der Waals surface area contributed by atoms with E-state index in [-0.39, 0.29) is 58.4 Å². The average Bonchev–Trinajstić information content (AvgIpc) is 3.97. The van der Waals surface area contributed by atoms with E-state index >= 15 is 0 Å². The summed E-state index contributed by atoms with van der Waals surface area (Å²) in [4.78, 5) is 66.8. The molecule has 0 radical (unpaired) electrons. The Morgan fingerprint density at radius 1 is 0.443 bits per heavy atom. The van der Waals surface area contributed by atoms with Gasteiger partial charge < -0.3 is 43.4 Å². The summed E-state index contributed by atoms with van der Waals surface area (Å²) in [6, 6.07) is 5.52. The van der Waals surface area contributed by atoms with Crippen molar-refractivity contribution in [3.05, 3.63) is 34.9 Å². The van der Waals surface area contributed by atoms with E-state index in [1.165, 1.54) is 103 Å². The molecular formula is C65H116N2O12. The van der Waals surface area contributed by atoms with Crippen LogP contribution in [-0.2, 0) is 72.2 Å². The molecule has 0 aromatic heterocycles. The number of ether oxygens (including phenoxy) is 7. The number of hydrogen-bond donors (Lipinski definition) is 1. The monoisotopic (exact) mass is 1120 g/mol. The van der Waals surface area contributed by atoms with Crippen molar-refractivity contribution in [3.63, 3.8) is 0 Å². The maximum atomic E-state index is 13.3. The SMILES string of the molecule is CCCCCCCCCCOC(=O)CCCCCCCC(=O)OCc1cc(COC(=O)CCC(CCCCCC)OC(=O)NCCN2CCCC2)cc(COC(=O)CCC(OCCCCCCCC)OCCCCCCCC)c1.[HH]. The summed E-state index contributed by atoms with van der Waals surface area (Å²) in [5, 5.41) is 2.89. The molecule has 1 heterocycles. The zero-order valence-electron chi connectivity index (χ0n) is 50.7. The van der Waals surface area contributed by atoms with Gasteiger partial charge in [-0.2, -0.15) is 0 Å². The Kier molecular flexibility index (Phi) is 46.2. The first-order valence-electron chi connectivity index (χ1n) is 32.3. The quantitative estimate of drug-likeness (QED) is 0.0284. The summed E-state index contributed by atoms with van der Waals surface area (Å²) in [7, 11) is 0. The van der Waals surface area contributed by atoms with Crippen LogP contribution in [0.4, 0.5) is 4.79 Å². The van der Waals surface area contributed by atoms with Crippen molar-refractivity contribution in [3.8, 4) is 0 Å². The number of amides is 1. The largest absolute Gasteiger partial charge is 0.466 e. The fourth-order valence-corrected chi connectivity index (χ4v) is 9.86. The zero-order valence-corrected chi connectivity index (χ0v) is 50.7. The molecule has 1 unspecified atom stereocenters. The number of carbonyl (C=O) groups excluding carboxylic acids is 5. The summed E-state index contributed by atoms with van der Waals surface area (Å²) in [5.41, 5.74) is 2.03. The Bertz CT molecular complexity index is 1660. The highest BCUT2D eigenvalue weighted by Gasteiger charge is 2.19. The highest BCUT2D eigenvalue weighted by Crippen LogP contribution is 2.20. The Hall–Kier alpha value is -3.75. The Morgan fingerprint density at radius 2 is 0.823 bits per heavy atom. The molecule has 1 fully saturated rings. The minimum atomic E-state index is -0.479. The molecule has 0 spiro atoms. The van der Waals surface area contributed by atoms with Crippen LogP contribution < -0.4 is 5.32 Å². The normalized spacial score (nSPS) is 12.9. The van der Waals surface area contributed by atoms with Crippen LogP contribution in [0.25, 0.3) is 0 Å². The van der Waals surface area contributed by atoms with Crippen LogP contribution in [0.1, 0.15) is 290 Å². The number of esters is 4. The fourth-order valence-electron chi connectivity index (χ4n) is 9.86. The number of likely N-dealkylation sites (tertiary alicyclic amines) is 1. The summed E-state index contributed by atoms with van der Waals surface area (Å²) >= 11 is 0. The molecule has 1 aliphatic heterocycles. The molecular weight excluding hydrogens is 1000 g/mol. The molecule has 0 aliphatic carbocycles. The predicted octanol–water partition coefficient (Wildman–Crippen LogP) is 16.3. The summed E-state index contributed by atoms with van der Waals surface area (Å²) in [5.74, 6) is -1.22. The van der Waals surface area contributed by atoms with Crippen molar-refractivity contribution in [2.45, 2.75) is 304 Å². The third kappa shape index (κ3) is 42.7. The zero-order chi connectivity index (χ0) is 57.1. The van der Waals surface area contributed by atoms with E-state index in [9.17, 15) is 24.0 Å². The first-order valence-corrected chi connectivity index (χ1v) is 32.3. The van der Waals surface area contributed by atoms with Crippen molar-refractivity contribution in [1.82, 2.24) is 10.2 Å². The standard InChI is InChI=1S/C65H114N2O12.H2/c1-5-9-13-17-20-21-27-33-47-73-60(68)37-29-23-22-24-30-38-61(69)76-53-56-50-57(54-77-62(70)40-39-59(36-28-16-12-8-4)79-65(72)66-43-46-67-44-31-32-45-67)52-58(51-56)55-78-63(71)41-42-64(74-48-34-25-18-14-10-6-2)75-49-35-26-19-15-11-7-3;/h50-52,59,64H,5-49,53-55H2,1-4H3,(H,66,72);1H. The third-order valence-electron chi connectivity index (χ3n) is 14.7. The number of unbranched alkanes of at least 4 members (excludes halogenated alkanes) is 24. The number of alkyl carbamates (subject to hydrolysis) is 1. The first-order chi connectivity index (χ1) is 38.6. The number of nitrogens with one attached hydrogen (secondary N) is 1. The van der Waals surface area contributed by atoms with Gasteiger partial charge in [-0.3, -0.25) is 19.2 Å². The van der Waals surface area contributed by atoms with Crippen molar-refractivity contribution < 1.29 is 58.6 Å². The Morgan fingerprint density at radius 3 is 1.29 bits per heavy atom. The second-order valence-electron chi connectivity index (χ2n) is 22.2. The molecule has 0 saturated carbocycles. The molecule has 1 atom stereocenters. The van der Waals surface area contributed by atoms with Crippen LogP contribution in [0.5, 0.6) is 0 Å². The second-order valence-corrected chi connectivity index (χ2v) is 22.2. The van der Waals surface area contributed by atoms with E-state index < -0.39 is 24.5 Å². The average molecular weight is 1120 g/mol. The van der Waals surface area contributed by atoms with Crippen molar-refractivity contribution >= 4 is 30.0 Å². The van der Waals surface area contributed by atoms with Gasteiger partial charge in [-0.15, -0.1) is 0 Å². The Labute approximate surface area is 481 Å². The van der Waals surface area contributed by atoms with Crippen LogP contribution in [0.2, 0.25) is 0 Å². The highest BCUT2D eigenvalue weighted by atomic mass is 16.7. The molecule has 14 heteroatoms. The number of carbonyl (C=O) groups is 5. The second kappa shape index (κ2) is 51.2. The fraction of sp³-hybridized carbons (Fsp3) is 0.831. The van der Waals surface area contributed by atoms with Crippen molar-refractivity contribution in [2.24, 2.45) is 0 Å². The van der Waals surface area contributed by atoms with E-state index in [0.717, 1.165) is 110 Å². The van der Waals surface area contributed by atoms with Crippen LogP contribution in [-0.4, -0.2) is 93.3 Å². The molecule has 14 nitrogen and oxygen atoms in total. The summed E-state index contributed by atoms with van der Waals surface area (Å²) in [6.07, 6.45) is 35.2. The van der Waals surface area contributed by atoms with Gasteiger partial charge in [-0.1, -0.05) is 175 Å². The van der Waals surface area contributed by atoms with Gasteiger partial charge in [0.05, 0.1) is 13.0 Å². The van der Waals surface area contributed by atoms with Gasteiger partial charge in [0, 0.05) is 53.4 Å². The molecule has 1 saturated heterocycles. The summed E-state index contributed by atoms with van der Waals surface area (Å²) < 4.78 is 40.9. The number of nitrogens with zero attached hydrogens (tertiary/aromatic N) is 1. The lowest BCUT2D eigenvalue weighted by Crippen LogP contribution is -2.35. The lowest BCUT2D eigenvalue weighted by Gasteiger charge is -2.19. The van der Waals surface area contributed by atoms with Gasteiger partial charge in [0.15, 0.2) is 6.29 Å². The van der Waals surface area contributed by atoms with Crippen LogP contribution in [0.3, 0.4) is 0 Å². The van der Waals surface area contributed by atoms with Gasteiger partial charge in [0.2, 0.25) is 0 Å². The smallest absolute Gasteiger partial charge is 0.407 e. The van der Waals surface area contributed by atoms with E-state index in [0.29, 0.717) is 75.2 Å². The topological polar surface area (TPSA) is 165 Å². The highest BCUT2D eigenvalue weighted by molar-refractivity contribution is 5.71. The Balaban J connectivity index is 0.0000320. The van der Waals surface area contributed by atoms with Gasteiger partial charge in [0.25, 0.3) is 0 Å². The molecule has 1 aliphatic rings. The lowest BCUT2D eigenvalue weighted by atomic mass is 10.1. The van der Waals surface area contributed by atoms with E-state index in [1.54, 1.807) is 0 Å². The molecule has 79 heavy (non-hydrogen) atoms. The molecule has 1 aromatic rings. The maximum absolute atomic E-state index is 13.3. The van der Waals surface area contributed by atoms with Crippen LogP contribution >= 0.6 is 0 Å². The van der Waals surface area contributed by atoms with E-state index in [4.69, 9.17) is 33.2 Å². The molecule has 2 rings (SSSR count). The van der Waals surface area contributed by atoms with E-state index in [1.807, 2.05) is 18.2 Å². The van der Waals surface area contributed by atoms with Crippen molar-refractivity contribution in [1.29, 1.82) is 0 Å². The molecule has 1 aromatic carbocycles. The maximum Gasteiger partial charge on any atom is 0.407 e. The predicted molar refractivity (Wildman–Crippen MR) is 317 cm³/mol. The van der Waals surface area contributed by atoms with Crippen LogP contribution in [0, 0.1) is 0 Å². The number of hydrogen-bond acceptors (Lipinski definition) is 13. The molecule has 1 amide bonds. The van der Waals surface area contributed by atoms with Gasteiger partial charge >= 0.3 is 30.0 Å². The van der Waals surface area contributed by atoms with Crippen molar-refractivity contribution in [2.75, 3.05) is 46.0 Å². The van der Waals surface area contributed by atoms with E-state index in [2.05, 4.69) is 37.9 Å². The molecule has 1 N–H and O–H groups in total. The minimum absolute atomic E-state index is 0.